The van der Waals surface area contributed by atoms with E-state index in [4.69, 9.17) is 28.7 Å². The number of nitrogens with two attached hydrogens (primary N) is 5. The fourth-order valence-electron chi connectivity index (χ4n) is 12.0. The Balaban J connectivity index is 1.66. The number of hydrogen-bond acceptors (Lipinski definition) is 20. The standard InChI is InChI=1S/C67H104N18O19/c1-39(2)31-48(64(103)104)79-61(100)56(67(3,4)5)80-58(97)47(33-41-17-21-43(86)22-18-41)78-60(99)50-14-10-26-85(50)63(102)45(12-8-24-73-65(69)70)76-57(96)46(32-40-15-19-42(20-16-40)74-66(71)72)77-59(98)49-13-9-25-84(49)62(101)44(11-6-7-23-68)75-51(87)34-82(36-53(90)91)29-27-81(35-52(88)89)28-30-83(37-54(92)93)38-55(94)95/h15-22,39,44-50,56,86H,6-14,23-38,68H2,1-5H3,(H,75,87)(H,76,96)(H,77,98)(H,78,99)(H,79,100)(H,80,97)(H,88,89)(H,90,91)(H,92,93)(H,94,95)(H,103,104)(H4,69,70,73)(H4,71,72,74)/t44-,45+,46+,47+,48+,49?,50+,56-/m1/s1. The first kappa shape index (κ1) is 86.1. The summed E-state index contributed by atoms with van der Waals surface area (Å²) >= 11 is 0. The molecule has 2 fully saturated rings. The minimum atomic E-state index is -1.51. The molecule has 0 radical (unpaired) electrons. The smallest absolute Gasteiger partial charge is 0.326 e. The van der Waals surface area contributed by atoms with Gasteiger partial charge in [0.05, 0.1) is 38.4 Å². The number of phenols is 1. The van der Waals surface area contributed by atoms with E-state index < -0.39 is 164 Å². The summed E-state index contributed by atoms with van der Waals surface area (Å²) in [4.78, 5) is 190. The van der Waals surface area contributed by atoms with Crippen LogP contribution in [-0.2, 0) is 75.2 Å². The van der Waals surface area contributed by atoms with Gasteiger partial charge in [0.1, 0.15) is 54.1 Å². The van der Waals surface area contributed by atoms with Crippen molar-refractivity contribution in [2.45, 2.75) is 160 Å². The molecule has 0 spiro atoms. The van der Waals surface area contributed by atoms with Crippen LogP contribution in [0.1, 0.15) is 110 Å². The minimum absolute atomic E-state index is 0.00444. The Morgan fingerprint density at radius 2 is 0.962 bits per heavy atom. The van der Waals surface area contributed by atoms with Crippen LogP contribution in [0.2, 0.25) is 0 Å². The number of amides is 8. The molecule has 0 aliphatic carbocycles. The predicted octanol–water partition coefficient (Wildman–Crippen LogP) is -3.42. The summed E-state index contributed by atoms with van der Waals surface area (Å²) in [6, 6.07) is 1.22. The maximum atomic E-state index is 15.2. The summed E-state index contributed by atoms with van der Waals surface area (Å²) in [5.41, 5.74) is 28.6. The fraction of sp³-hybridized carbons (Fsp3) is 0.597. The number of carboxylic acids is 5. The van der Waals surface area contributed by atoms with Crippen LogP contribution in [0, 0.1) is 11.3 Å². The highest BCUT2D eigenvalue weighted by Crippen LogP contribution is 2.25. The van der Waals surface area contributed by atoms with Crippen LogP contribution >= 0.6 is 0 Å². The Labute approximate surface area is 602 Å². The molecular formula is C67H104N18O19. The Hall–Kier alpha value is -10.3. The third-order valence-corrected chi connectivity index (χ3v) is 17.1. The second-order valence-corrected chi connectivity index (χ2v) is 27.3. The number of aliphatic imine (C=N–C) groups is 2. The highest BCUT2D eigenvalue weighted by molar-refractivity contribution is 5.99. The number of carbonyl (C=O) groups is 13. The molecule has 37 heteroatoms. The molecule has 2 saturated heterocycles. The number of unbranched alkanes of at least 4 members (excludes halogenated alkanes) is 1. The van der Waals surface area contributed by atoms with Crippen LogP contribution in [0.25, 0.3) is 0 Å². The summed E-state index contributed by atoms with van der Waals surface area (Å²) in [5.74, 6) is -13.8. The maximum Gasteiger partial charge on any atom is 0.326 e. The number of phenolic OH excluding ortho intramolecular Hbond substituents is 1. The molecule has 576 valence electrons. The molecule has 37 nitrogen and oxygen atoms in total. The van der Waals surface area contributed by atoms with Gasteiger partial charge in [0.15, 0.2) is 11.9 Å². The van der Waals surface area contributed by atoms with Crippen molar-refractivity contribution in [3.05, 3.63) is 59.7 Å². The first-order chi connectivity index (χ1) is 48.9. The lowest BCUT2D eigenvalue weighted by atomic mass is 9.85. The predicted molar refractivity (Wildman–Crippen MR) is 378 cm³/mol. The minimum Gasteiger partial charge on any atom is -0.508 e. The number of nitrogens with one attached hydrogen (secondary N) is 6. The van der Waals surface area contributed by atoms with Crippen LogP contribution in [0.4, 0.5) is 5.69 Å². The van der Waals surface area contributed by atoms with Crippen molar-refractivity contribution in [1.29, 1.82) is 0 Å². The number of benzene rings is 2. The van der Waals surface area contributed by atoms with Gasteiger partial charge in [-0.3, -0.25) is 77.2 Å². The Kier molecular flexibility index (Phi) is 35.1. The van der Waals surface area contributed by atoms with Gasteiger partial charge in [-0.1, -0.05) is 58.9 Å². The third kappa shape index (κ3) is 30.4. The van der Waals surface area contributed by atoms with Crippen LogP contribution in [0.15, 0.2) is 58.5 Å². The highest BCUT2D eigenvalue weighted by atomic mass is 16.4. The van der Waals surface area contributed by atoms with Crippen LogP contribution in [0.5, 0.6) is 5.75 Å². The molecule has 0 saturated carbocycles. The van der Waals surface area contributed by atoms with E-state index in [1.807, 2.05) is 0 Å². The first-order valence-electron chi connectivity index (χ1n) is 34.4. The van der Waals surface area contributed by atoms with E-state index in [1.54, 1.807) is 58.9 Å². The van der Waals surface area contributed by atoms with Gasteiger partial charge in [0, 0.05) is 58.7 Å². The third-order valence-electron chi connectivity index (χ3n) is 17.1. The summed E-state index contributed by atoms with van der Waals surface area (Å²) in [6.45, 7) is 4.63. The van der Waals surface area contributed by atoms with Gasteiger partial charge in [-0.2, -0.15) is 0 Å². The van der Waals surface area contributed by atoms with Crippen molar-refractivity contribution in [1.82, 2.24) is 56.4 Å². The Bertz CT molecular complexity index is 3330. The van der Waals surface area contributed by atoms with Gasteiger partial charge in [0.25, 0.3) is 0 Å². The largest absolute Gasteiger partial charge is 0.508 e. The monoisotopic (exact) mass is 1460 g/mol. The Morgan fingerprint density at radius 1 is 0.529 bits per heavy atom. The van der Waals surface area contributed by atoms with Gasteiger partial charge in [0.2, 0.25) is 47.3 Å². The molecule has 4 rings (SSSR count). The molecule has 2 aliphatic heterocycles. The molecule has 8 amide bonds. The lowest BCUT2D eigenvalue weighted by molar-refractivity contribution is -0.144. The maximum absolute atomic E-state index is 15.2. The van der Waals surface area contributed by atoms with Crippen LogP contribution in [-0.4, -0.2) is 278 Å². The van der Waals surface area contributed by atoms with Crippen LogP contribution < -0.4 is 60.6 Å². The molecule has 0 aromatic heterocycles. The van der Waals surface area contributed by atoms with Crippen LogP contribution in [0.3, 0.4) is 0 Å². The average molecular weight is 1470 g/mol. The summed E-state index contributed by atoms with van der Waals surface area (Å²) in [6.07, 6.45) is 1.04. The second kappa shape index (κ2) is 42.4. The summed E-state index contributed by atoms with van der Waals surface area (Å²) in [7, 11) is 0. The quantitative estimate of drug-likeness (QED) is 0.0174. The van der Waals surface area contributed by atoms with Crippen molar-refractivity contribution >= 4 is 94.7 Å². The molecule has 0 bridgehead atoms. The zero-order valence-corrected chi connectivity index (χ0v) is 59.5. The number of aromatic hydroxyl groups is 1. The van der Waals surface area contributed by atoms with Crippen molar-refractivity contribution in [2.75, 3.05) is 85.1 Å². The topological polar surface area (TPSA) is 586 Å². The summed E-state index contributed by atoms with van der Waals surface area (Å²) in [5, 5.41) is 74.4. The van der Waals surface area contributed by atoms with E-state index in [0.29, 0.717) is 29.7 Å². The van der Waals surface area contributed by atoms with Crippen molar-refractivity contribution in [3.8, 4) is 5.75 Å². The SMILES string of the molecule is CC(C)C[C@H](NC(=O)[C@@H](NC(=O)[C@H](Cc1ccc(O)cc1)NC(=O)[C@@H]1CCCN1C(=O)[C@H](CCCN=C(N)N)NC(=O)[C@H](Cc1ccc(N=C(N)N)cc1)NC(=O)C1CCCN1C(=O)[C@@H](CCCCN)NC(=O)CN(CCN(CCN(CC(=O)O)CC(=O)O)CC(=O)O)CC(=O)O)C(C)(C)C)C(=O)O. The number of rotatable bonds is 45. The first-order valence-corrected chi connectivity index (χ1v) is 34.4. The van der Waals surface area contributed by atoms with E-state index in [1.165, 1.54) is 43.9 Å². The lowest BCUT2D eigenvalue weighted by Gasteiger charge is -2.34. The number of carbonyl (C=O) groups excluding carboxylic acids is 8. The van der Waals surface area contributed by atoms with Gasteiger partial charge in [-0.15, -0.1) is 0 Å². The van der Waals surface area contributed by atoms with Gasteiger partial charge in [-0.25, -0.2) is 9.79 Å². The normalized spacial score (nSPS) is 16.1. The van der Waals surface area contributed by atoms with E-state index in [2.05, 4.69) is 41.9 Å². The fourth-order valence-corrected chi connectivity index (χ4v) is 12.0. The number of aliphatic carboxylic acids is 5. The number of nitrogens with zero attached hydrogens (tertiary/aromatic N) is 7. The number of guanidine groups is 2. The Morgan fingerprint density at radius 3 is 1.40 bits per heavy atom. The second-order valence-electron chi connectivity index (χ2n) is 27.3. The van der Waals surface area contributed by atoms with Gasteiger partial charge < -0.3 is 101 Å². The molecule has 1 unspecified atom stereocenters. The highest BCUT2D eigenvalue weighted by Gasteiger charge is 2.43. The zero-order chi connectivity index (χ0) is 77.5. The summed E-state index contributed by atoms with van der Waals surface area (Å²) < 4.78 is 0. The molecule has 8 atom stereocenters. The molecule has 104 heavy (non-hydrogen) atoms. The zero-order valence-electron chi connectivity index (χ0n) is 59.5. The van der Waals surface area contributed by atoms with Gasteiger partial charge in [-0.05, 0) is 117 Å². The van der Waals surface area contributed by atoms with Gasteiger partial charge >= 0.3 is 29.8 Å². The molecule has 2 heterocycles. The van der Waals surface area contributed by atoms with E-state index in [0.717, 1.165) is 4.90 Å². The van der Waals surface area contributed by atoms with E-state index in [9.17, 15) is 83.4 Å². The van der Waals surface area contributed by atoms with Crippen molar-refractivity contribution in [3.63, 3.8) is 0 Å². The average Bonchev–Trinajstić information content (AvgIpc) is 1.52. The van der Waals surface area contributed by atoms with E-state index >= 15 is 9.59 Å². The van der Waals surface area contributed by atoms with Crippen molar-refractivity contribution < 1.29 is 93.0 Å². The molecular weight excluding hydrogens is 1360 g/mol. The molecule has 2 aliphatic rings. The lowest BCUT2D eigenvalue weighted by Crippen LogP contribution is -2.61. The van der Waals surface area contributed by atoms with E-state index in [-0.39, 0.29) is 140 Å². The van der Waals surface area contributed by atoms with Crippen molar-refractivity contribution in [2.24, 2.45) is 50.0 Å². The molecule has 22 N–H and O–H groups in total. The number of hydrogen-bond donors (Lipinski definition) is 17. The number of carboxylic acid groups (broad SMARTS) is 5. The molecule has 2 aromatic rings. The number of likely N-dealkylation sites (tertiary alicyclic amines) is 2. The molecule has 2 aromatic carbocycles.